The minimum absolute atomic E-state index is 0.264. The Morgan fingerprint density at radius 2 is 0.882 bits per heavy atom. The molecule has 0 saturated heterocycles. The van der Waals surface area contributed by atoms with Crippen molar-refractivity contribution in [2.75, 3.05) is 0 Å². The minimum atomic E-state index is -1.07. The van der Waals surface area contributed by atoms with Gasteiger partial charge < -0.3 is 14.2 Å². The van der Waals surface area contributed by atoms with Crippen LogP contribution < -0.4 is 0 Å². The van der Waals surface area contributed by atoms with Crippen molar-refractivity contribution in [3.63, 3.8) is 0 Å². The Labute approximate surface area is 298 Å². The number of hydrogen-bond donors (Lipinski definition) is 1. The second-order valence-electron chi connectivity index (χ2n) is 14.5. The molecule has 7 aromatic carbocycles. The van der Waals surface area contributed by atoms with Crippen molar-refractivity contribution < 1.29 is 5.11 Å². The maximum atomic E-state index is 11.8. The molecule has 3 heteroatoms. The van der Waals surface area contributed by atoms with Crippen LogP contribution in [-0.4, -0.2) is 14.2 Å². The third-order valence-corrected chi connectivity index (χ3v) is 10.5. The first-order valence-corrected chi connectivity index (χ1v) is 17.9. The van der Waals surface area contributed by atoms with E-state index in [1.54, 1.807) is 0 Å². The van der Waals surface area contributed by atoms with Crippen LogP contribution in [0, 0.1) is 0 Å². The van der Waals surface area contributed by atoms with Crippen LogP contribution in [0.1, 0.15) is 44.7 Å². The van der Waals surface area contributed by atoms with E-state index < -0.39 is 5.60 Å². The van der Waals surface area contributed by atoms with Crippen LogP contribution in [0.3, 0.4) is 0 Å². The second kappa shape index (κ2) is 11.9. The Hall–Kier alpha value is -5.90. The van der Waals surface area contributed by atoms with Gasteiger partial charge in [-0.25, -0.2) is 0 Å². The standard InChI is InChI=1S/C48H40N2O/c1-31(2)38-29-40(33-24-26-47-42(28-33)37-20-12-14-22-45(37)50(47)35-17-9-6-10-18-35)43(48(3,4)51)30-39(38)32-23-25-46-41(27-32)36-19-11-13-21-44(36)49(46)34-15-7-5-8-16-34/h5-31,51H,1-4H3. The van der Waals surface area contributed by atoms with Crippen LogP contribution in [0.5, 0.6) is 0 Å². The van der Waals surface area contributed by atoms with Gasteiger partial charge in [0, 0.05) is 32.9 Å². The summed E-state index contributed by atoms with van der Waals surface area (Å²) in [6.07, 6.45) is 0. The molecule has 51 heavy (non-hydrogen) atoms. The van der Waals surface area contributed by atoms with Crippen molar-refractivity contribution in [1.82, 2.24) is 9.13 Å². The van der Waals surface area contributed by atoms with Crippen molar-refractivity contribution in [3.05, 3.63) is 169 Å². The summed E-state index contributed by atoms with van der Waals surface area (Å²) in [6, 6.07) is 56.7. The van der Waals surface area contributed by atoms with Gasteiger partial charge in [-0.2, -0.15) is 0 Å². The third-order valence-electron chi connectivity index (χ3n) is 10.5. The SMILES string of the molecule is CC(C)c1cc(-c2ccc3c(c2)c2ccccc2n3-c2ccccc2)c(C(C)(C)O)cc1-c1ccc2c(c1)c1ccccc1n2-c1ccccc1. The first-order chi connectivity index (χ1) is 24.8. The monoisotopic (exact) mass is 660 g/mol. The molecule has 1 N–H and O–H groups in total. The van der Waals surface area contributed by atoms with Gasteiger partial charge in [0.05, 0.1) is 27.7 Å². The molecule has 0 saturated carbocycles. The lowest BCUT2D eigenvalue weighted by Gasteiger charge is -2.26. The maximum absolute atomic E-state index is 11.8. The molecule has 0 unspecified atom stereocenters. The Bertz CT molecular complexity index is 2740. The zero-order valence-electron chi connectivity index (χ0n) is 29.4. The lowest BCUT2D eigenvalue weighted by Crippen LogP contribution is -2.17. The number of nitrogens with zero attached hydrogens (tertiary/aromatic N) is 2. The Morgan fingerprint density at radius 1 is 0.451 bits per heavy atom. The molecular weight excluding hydrogens is 621 g/mol. The number of hydrogen-bond acceptors (Lipinski definition) is 1. The van der Waals surface area contributed by atoms with E-state index in [0.717, 1.165) is 39.2 Å². The van der Waals surface area contributed by atoms with Gasteiger partial charge in [0.2, 0.25) is 0 Å². The molecule has 9 aromatic rings. The zero-order valence-corrected chi connectivity index (χ0v) is 29.4. The zero-order chi connectivity index (χ0) is 34.9. The van der Waals surface area contributed by atoms with Crippen LogP contribution in [0.2, 0.25) is 0 Å². The van der Waals surface area contributed by atoms with E-state index >= 15 is 0 Å². The molecule has 2 heterocycles. The average molecular weight is 661 g/mol. The normalized spacial score (nSPS) is 12.2. The largest absolute Gasteiger partial charge is 0.386 e. The highest BCUT2D eigenvalue weighted by molar-refractivity contribution is 6.12. The van der Waals surface area contributed by atoms with E-state index in [1.807, 2.05) is 13.8 Å². The van der Waals surface area contributed by atoms with E-state index in [0.29, 0.717) is 0 Å². The van der Waals surface area contributed by atoms with Gasteiger partial charge in [-0.1, -0.05) is 98.8 Å². The smallest absolute Gasteiger partial charge is 0.0846 e. The molecule has 0 atom stereocenters. The van der Waals surface area contributed by atoms with Gasteiger partial charge in [-0.05, 0) is 126 Å². The Balaban J connectivity index is 1.26. The van der Waals surface area contributed by atoms with E-state index in [-0.39, 0.29) is 5.92 Å². The second-order valence-corrected chi connectivity index (χ2v) is 14.5. The summed E-state index contributed by atoms with van der Waals surface area (Å²) in [5.74, 6) is 0.264. The molecule has 0 aliphatic rings. The summed E-state index contributed by atoms with van der Waals surface area (Å²) in [7, 11) is 0. The van der Waals surface area contributed by atoms with Crippen LogP contribution >= 0.6 is 0 Å². The predicted octanol–water partition coefficient (Wildman–Crippen LogP) is 12.6. The number of fused-ring (bicyclic) bond motifs is 6. The maximum Gasteiger partial charge on any atom is 0.0846 e. The summed E-state index contributed by atoms with van der Waals surface area (Å²) < 4.78 is 4.70. The molecule has 248 valence electrons. The van der Waals surface area contributed by atoms with Gasteiger partial charge in [-0.3, -0.25) is 0 Å². The molecule has 0 fully saturated rings. The van der Waals surface area contributed by atoms with E-state index in [2.05, 4.69) is 181 Å². The van der Waals surface area contributed by atoms with Crippen LogP contribution in [-0.2, 0) is 5.60 Å². The van der Waals surface area contributed by atoms with Crippen molar-refractivity contribution in [2.24, 2.45) is 0 Å². The van der Waals surface area contributed by atoms with E-state index in [4.69, 9.17) is 0 Å². The highest BCUT2D eigenvalue weighted by Crippen LogP contribution is 2.43. The van der Waals surface area contributed by atoms with Gasteiger partial charge in [0.1, 0.15) is 0 Å². The number of benzene rings is 7. The fourth-order valence-electron chi connectivity index (χ4n) is 8.08. The van der Waals surface area contributed by atoms with Crippen LogP contribution in [0.4, 0.5) is 0 Å². The molecule has 0 radical (unpaired) electrons. The Kier molecular flexibility index (Phi) is 7.24. The summed E-state index contributed by atoms with van der Waals surface area (Å²) in [4.78, 5) is 0. The van der Waals surface area contributed by atoms with Crippen LogP contribution in [0.25, 0.3) is 77.2 Å². The lowest BCUT2D eigenvalue weighted by atomic mass is 9.81. The summed E-state index contributed by atoms with van der Waals surface area (Å²) in [5, 5.41) is 16.7. The molecular formula is C48H40N2O. The molecule has 0 aliphatic carbocycles. The van der Waals surface area contributed by atoms with Crippen molar-refractivity contribution >= 4 is 43.6 Å². The first-order valence-electron chi connectivity index (χ1n) is 17.9. The minimum Gasteiger partial charge on any atom is -0.386 e. The summed E-state index contributed by atoms with van der Waals surface area (Å²) >= 11 is 0. The topological polar surface area (TPSA) is 30.1 Å². The van der Waals surface area contributed by atoms with E-state index in [1.165, 1.54) is 49.2 Å². The van der Waals surface area contributed by atoms with Gasteiger partial charge >= 0.3 is 0 Å². The highest BCUT2D eigenvalue weighted by Gasteiger charge is 2.26. The lowest BCUT2D eigenvalue weighted by molar-refractivity contribution is 0.0792. The summed E-state index contributed by atoms with van der Waals surface area (Å²) in [5.41, 5.74) is 12.6. The predicted molar refractivity (Wildman–Crippen MR) is 215 cm³/mol. The van der Waals surface area contributed by atoms with Gasteiger partial charge in [0.25, 0.3) is 0 Å². The average Bonchev–Trinajstić information content (AvgIpc) is 3.67. The van der Waals surface area contributed by atoms with Gasteiger partial charge in [-0.15, -0.1) is 0 Å². The molecule has 3 nitrogen and oxygen atoms in total. The van der Waals surface area contributed by atoms with Crippen molar-refractivity contribution in [1.29, 1.82) is 0 Å². The third kappa shape index (κ3) is 5.08. The molecule has 0 amide bonds. The van der Waals surface area contributed by atoms with Gasteiger partial charge in [0.15, 0.2) is 0 Å². The number of aromatic nitrogens is 2. The molecule has 0 bridgehead atoms. The molecule has 9 rings (SSSR count). The number of aliphatic hydroxyl groups is 1. The fraction of sp³-hybridized carbons (Fsp3) is 0.125. The first kappa shape index (κ1) is 31.1. The van der Waals surface area contributed by atoms with Crippen molar-refractivity contribution in [2.45, 2.75) is 39.2 Å². The quantitative estimate of drug-likeness (QED) is 0.189. The van der Waals surface area contributed by atoms with E-state index in [9.17, 15) is 5.11 Å². The fourth-order valence-corrected chi connectivity index (χ4v) is 8.08. The van der Waals surface area contributed by atoms with Crippen LogP contribution in [0.15, 0.2) is 158 Å². The number of para-hydroxylation sites is 4. The Morgan fingerprint density at radius 3 is 1.35 bits per heavy atom. The molecule has 0 aliphatic heterocycles. The number of rotatable bonds is 6. The highest BCUT2D eigenvalue weighted by atomic mass is 16.3. The molecule has 0 spiro atoms. The van der Waals surface area contributed by atoms with Crippen molar-refractivity contribution in [3.8, 4) is 33.6 Å². The molecule has 2 aromatic heterocycles. The summed E-state index contributed by atoms with van der Waals surface area (Å²) in [6.45, 7) is 8.34.